The van der Waals surface area contributed by atoms with E-state index in [4.69, 9.17) is 16.3 Å². The molecule has 1 fully saturated rings. The van der Waals surface area contributed by atoms with Crippen LogP contribution in [0.25, 0.3) is 0 Å². The first-order chi connectivity index (χ1) is 7.11. The zero-order valence-electron chi connectivity index (χ0n) is 8.27. The maximum absolute atomic E-state index is 11.8. The maximum atomic E-state index is 11.8. The van der Waals surface area contributed by atoms with Crippen molar-refractivity contribution in [1.82, 2.24) is 9.13 Å². The van der Waals surface area contributed by atoms with Gasteiger partial charge in [-0.05, 0) is 6.42 Å². The Morgan fingerprint density at radius 3 is 2.87 bits per heavy atom. The number of hydrogen-bond donors (Lipinski definition) is 0. The van der Waals surface area contributed by atoms with Crippen molar-refractivity contribution >= 4 is 11.6 Å². The van der Waals surface area contributed by atoms with E-state index in [0.29, 0.717) is 13.2 Å². The third-order valence-corrected chi connectivity index (χ3v) is 2.86. The molecule has 1 atom stereocenters. The van der Waals surface area contributed by atoms with E-state index >= 15 is 0 Å². The molecule has 5 nitrogen and oxygen atoms in total. The lowest BCUT2D eigenvalue weighted by atomic mass is 10.2. The van der Waals surface area contributed by atoms with Crippen molar-refractivity contribution in [3.05, 3.63) is 32.1 Å². The summed E-state index contributed by atoms with van der Waals surface area (Å²) in [5.41, 5.74) is -0.775. The average Bonchev–Trinajstić information content (AvgIpc) is 2.68. The maximum Gasteiger partial charge on any atom is 0.332 e. The van der Waals surface area contributed by atoms with E-state index in [1.54, 1.807) is 0 Å². The highest BCUT2D eigenvalue weighted by molar-refractivity contribution is 6.29. The van der Waals surface area contributed by atoms with Crippen LogP contribution in [0.5, 0.6) is 0 Å². The van der Waals surface area contributed by atoms with Gasteiger partial charge >= 0.3 is 5.69 Å². The molecule has 2 rings (SSSR count). The monoisotopic (exact) mass is 230 g/mol. The molecule has 0 radical (unpaired) electrons. The molecule has 82 valence electrons. The predicted molar refractivity (Wildman–Crippen MR) is 55.4 cm³/mol. The molecule has 1 aliphatic heterocycles. The second kappa shape index (κ2) is 3.83. The fraction of sp³-hybridized carbons (Fsp3) is 0.556. The summed E-state index contributed by atoms with van der Waals surface area (Å²) in [6, 6.07) is 1.19. The van der Waals surface area contributed by atoms with E-state index in [-0.39, 0.29) is 22.4 Å². The molecule has 0 unspecified atom stereocenters. The summed E-state index contributed by atoms with van der Waals surface area (Å²) in [7, 11) is 1.44. The zero-order chi connectivity index (χ0) is 11.0. The van der Waals surface area contributed by atoms with E-state index in [2.05, 4.69) is 0 Å². The molecule has 0 bridgehead atoms. The molecule has 1 aromatic rings. The van der Waals surface area contributed by atoms with Gasteiger partial charge in [0, 0.05) is 19.7 Å². The highest BCUT2D eigenvalue weighted by Crippen LogP contribution is 2.19. The summed E-state index contributed by atoms with van der Waals surface area (Å²) in [5, 5.41) is 0.179. The van der Waals surface area contributed by atoms with Gasteiger partial charge in [-0.3, -0.25) is 13.9 Å². The van der Waals surface area contributed by atoms with Gasteiger partial charge in [0.1, 0.15) is 5.15 Å². The highest BCUT2D eigenvalue weighted by Gasteiger charge is 2.21. The molecule has 0 aromatic carbocycles. The van der Waals surface area contributed by atoms with Crippen LogP contribution in [0.15, 0.2) is 15.7 Å². The Hall–Kier alpha value is -1.07. The molecule has 0 saturated carbocycles. The first-order valence-electron chi connectivity index (χ1n) is 4.67. The largest absolute Gasteiger partial charge is 0.379 e. The second-order valence-corrected chi connectivity index (χ2v) is 3.92. The molecule has 1 saturated heterocycles. The van der Waals surface area contributed by atoms with Crippen molar-refractivity contribution in [2.45, 2.75) is 12.5 Å². The van der Waals surface area contributed by atoms with Crippen LogP contribution in [-0.2, 0) is 11.8 Å². The van der Waals surface area contributed by atoms with Crippen molar-refractivity contribution in [1.29, 1.82) is 0 Å². The lowest BCUT2D eigenvalue weighted by Crippen LogP contribution is -2.39. The van der Waals surface area contributed by atoms with Crippen LogP contribution in [-0.4, -0.2) is 22.3 Å². The predicted octanol–water partition coefficient (Wildman–Crippen LogP) is 0.162. The van der Waals surface area contributed by atoms with Gasteiger partial charge in [-0.2, -0.15) is 0 Å². The minimum absolute atomic E-state index is 0.0585. The Labute approximate surface area is 90.8 Å². The van der Waals surface area contributed by atoms with E-state index < -0.39 is 0 Å². The molecular formula is C9H11ClN2O3. The normalized spacial score (nSPS) is 20.8. The smallest absolute Gasteiger partial charge is 0.332 e. The quantitative estimate of drug-likeness (QED) is 0.646. The van der Waals surface area contributed by atoms with E-state index in [1.165, 1.54) is 17.7 Å². The lowest BCUT2D eigenvalue weighted by molar-refractivity contribution is 0.185. The Morgan fingerprint density at radius 1 is 1.53 bits per heavy atom. The number of rotatable bonds is 1. The third-order valence-electron chi connectivity index (χ3n) is 2.57. The number of aromatic nitrogens is 2. The molecule has 0 amide bonds. The summed E-state index contributed by atoms with van der Waals surface area (Å²) in [5.74, 6) is 0. The SMILES string of the molecule is Cn1c(=O)cc(Cl)n([C@@H]2CCOC2)c1=O. The van der Waals surface area contributed by atoms with Crippen molar-refractivity contribution in [3.63, 3.8) is 0 Å². The van der Waals surface area contributed by atoms with Crippen LogP contribution in [0.4, 0.5) is 0 Å². The lowest BCUT2D eigenvalue weighted by Gasteiger charge is -2.14. The third kappa shape index (κ3) is 1.72. The van der Waals surface area contributed by atoms with Crippen molar-refractivity contribution in [2.75, 3.05) is 13.2 Å². The average molecular weight is 231 g/mol. The molecule has 1 aromatic heterocycles. The van der Waals surface area contributed by atoms with Gasteiger partial charge < -0.3 is 4.74 Å². The van der Waals surface area contributed by atoms with Gasteiger partial charge in [0.2, 0.25) is 0 Å². The zero-order valence-corrected chi connectivity index (χ0v) is 9.03. The summed E-state index contributed by atoms with van der Waals surface area (Å²) in [4.78, 5) is 23.0. The summed E-state index contributed by atoms with van der Waals surface area (Å²) in [6.07, 6.45) is 0.748. The molecule has 1 aliphatic rings. The van der Waals surface area contributed by atoms with Crippen LogP contribution in [0.3, 0.4) is 0 Å². The van der Waals surface area contributed by atoms with Gasteiger partial charge in [0.15, 0.2) is 0 Å². The van der Waals surface area contributed by atoms with Gasteiger partial charge in [-0.15, -0.1) is 0 Å². The number of ether oxygens (including phenoxy) is 1. The summed E-state index contributed by atoms with van der Waals surface area (Å²) in [6.45, 7) is 1.09. The molecule has 0 aliphatic carbocycles. The number of hydrogen-bond acceptors (Lipinski definition) is 3. The fourth-order valence-electron chi connectivity index (χ4n) is 1.67. The van der Waals surface area contributed by atoms with Crippen molar-refractivity contribution < 1.29 is 4.74 Å². The number of halogens is 1. The van der Waals surface area contributed by atoms with Crippen molar-refractivity contribution in [2.24, 2.45) is 7.05 Å². The molecule has 15 heavy (non-hydrogen) atoms. The second-order valence-electron chi connectivity index (χ2n) is 3.53. The van der Waals surface area contributed by atoms with E-state index in [1.807, 2.05) is 0 Å². The summed E-state index contributed by atoms with van der Waals surface area (Å²) < 4.78 is 7.64. The number of nitrogens with zero attached hydrogens (tertiary/aromatic N) is 2. The molecule has 0 N–H and O–H groups in total. The standard InChI is InChI=1S/C9H11ClN2O3/c1-11-8(13)4-7(10)12(9(11)14)6-2-3-15-5-6/h4,6H,2-3,5H2,1H3/t6-/m1/s1. The minimum Gasteiger partial charge on any atom is -0.379 e. The van der Waals surface area contributed by atoms with Crippen LogP contribution >= 0.6 is 11.6 Å². The highest BCUT2D eigenvalue weighted by atomic mass is 35.5. The molecular weight excluding hydrogens is 220 g/mol. The minimum atomic E-state index is -0.389. The Balaban J connectivity index is 2.60. The van der Waals surface area contributed by atoms with Gasteiger partial charge in [0.25, 0.3) is 5.56 Å². The topological polar surface area (TPSA) is 53.2 Å². The molecule has 6 heteroatoms. The van der Waals surface area contributed by atoms with Crippen LogP contribution in [0.1, 0.15) is 12.5 Å². The molecule has 2 heterocycles. The van der Waals surface area contributed by atoms with Gasteiger partial charge in [-0.1, -0.05) is 11.6 Å². The van der Waals surface area contributed by atoms with Crippen LogP contribution in [0.2, 0.25) is 5.15 Å². The van der Waals surface area contributed by atoms with Crippen molar-refractivity contribution in [3.8, 4) is 0 Å². The van der Waals surface area contributed by atoms with E-state index in [9.17, 15) is 9.59 Å². The Bertz CT molecular complexity index is 485. The Morgan fingerprint density at radius 2 is 2.27 bits per heavy atom. The van der Waals surface area contributed by atoms with Crippen LogP contribution in [0, 0.1) is 0 Å². The van der Waals surface area contributed by atoms with Gasteiger partial charge in [0.05, 0.1) is 12.6 Å². The summed E-state index contributed by atoms with van der Waals surface area (Å²) >= 11 is 5.88. The molecule has 0 spiro atoms. The van der Waals surface area contributed by atoms with Crippen LogP contribution < -0.4 is 11.2 Å². The first-order valence-corrected chi connectivity index (χ1v) is 5.05. The van der Waals surface area contributed by atoms with E-state index in [0.717, 1.165) is 11.0 Å². The Kier molecular flexibility index (Phi) is 2.67. The first kappa shape index (κ1) is 10.4. The van der Waals surface area contributed by atoms with Gasteiger partial charge in [-0.25, -0.2) is 4.79 Å². The fourth-order valence-corrected chi connectivity index (χ4v) is 1.98.